The van der Waals surface area contributed by atoms with Crippen molar-refractivity contribution in [3.8, 4) is 0 Å². The van der Waals surface area contributed by atoms with Crippen LogP contribution >= 0.6 is 0 Å². The molecular weight excluding hydrogens is 92.1 g/mol. The van der Waals surface area contributed by atoms with E-state index in [0.29, 0.717) is 4.73 Å². The third kappa shape index (κ3) is 0.855. The summed E-state index contributed by atoms with van der Waals surface area (Å²) in [6.07, 6.45) is 4.93. The van der Waals surface area contributed by atoms with Crippen molar-refractivity contribution in [3.63, 3.8) is 0 Å². The highest BCUT2D eigenvalue weighted by molar-refractivity contribution is 4.66. The highest BCUT2D eigenvalue weighted by atomic mass is 16.5. The summed E-state index contributed by atoms with van der Waals surface area (Å²) in [7, 11) is 0. The summed E-state index contributed by atoms with van der Waals surface area (Å²) in [6, 6.07) is 1.45. The molecule has 0 saturated carbocycles. The van der Waals surface area contributed by atoms with Gasteiger partial charge in [0.1, 0.15) is 0 Å². The molecule has 0 unspecified atom stereocenters. The molecule has 0 saturated heterocycles. The van der Waals surface area contributed by atoms with Crippen molar-refractivity contribution in [1.82, 2.24) is 4.98 Å². The van der Waals surface area contributed by atoms with Crippen LogP contribution in [0.25, 0.3) is 0 Å². The normalized spacial score (nSPS) is 8.57. The first-order chi connectivity index (χ1) is 3.39. The van der Waals surface area contributed by atoms with Gasteiger partial charge >= 0.3 is 0 Å². The van der Waals surface area contributed by atoms with E-state index >= 15 is 0 Å². The second-order valence-corrected chi connectivity index (χ2v) is 1.05. The summed E-state index contributed by atoms with van der Waals surface area (Å²) in [5.74, 6) is 0. The summed E-state index contributed by atoms with van der Waals surface area (Å²) >= 11 is 0. The lowest BCUT2D eigenvalue weighted by Gasteiger charge is -1.91. The van der Waals surface area contributed by atoms with E-state index in [4.69, 9.17) is 0 Å². The van der Waals surface area contributed by atoms with E-state index in [9.17, 15) is 5.21 Å². The number of hydrogen-bond donors (Lipinski definition) is 0. The fourth-order valence-electron chi connectivity index (χ4n) is 0.279. The minimum atomic E-state index is 0.608. The molecule has 0 bridgehead atoms. The molecule has 1 radical (unpaired) electrons. The largest absolute Gasteiger partial charge is 0.711 e. The molecule has 3 nitrogen and oxygen atoms in total. The molecule has 3 heteroatoms. The number of aromatic nitrogens is 2. The third-order valence-corrected chi connectivity index (χ3v) is 0.542. The molecule has 0 aromatic carbocycles. The Morgan fingerprint density at radius 2 is 2.57 bits per heavy atom. The van der Waals surface area contributed by atoms with Crippen LogP contribution in [0.2, 0.25) is 0 Å². The summed E-state index contributed by atoms with van der Waals surface area (Å²) < 4.78 is 0.608. The molecule has 0 aliphatic carbocycles. The Balaban J connectivity index is 3.02. The molecule has 1 aromatic heterocycles. The molecule has 35 valence electrons. The van der Waals surface area contributed by atoms with Crippen LogP contribution in [0.15, 0.2) is 18.6 Å². The SMILES string of the molecule is [O-][n+]1cc[c]nc1. The van der Waals surface area contributed by atoms with E-state index in [1.807, 2.05) is 0 Å². The molecule has 0 amide bonds. The van der Waals surface area contributed by atoms with Crippen molar-refractivity contribution in [2.75, 3.05) is 0 Å². The van der Waals surface area contributed by atoms with Gasteiger partial charge in [0.15, 0.2) is 0 Å². The van der Waals surface area contributed by atoms with E-state index in [2.05, 4.69) is 11.2 Å². The molecule has 0 aliphatic heterocycles. The van der Waals surface area contributed by atoms with E-state index in [1.54, 1.807) is 0 Å². The zero-order chi connectivity index (χ0) is 5.11. The van der Waals surface area contributed by atoms with Crippen LogP contribution in [0.4, 0.5) is 0 Å². The summed E-state index contributed by atoms with van der Waals surface area (Å²) in [5, 5.41) is 10.1. The first-order valence-corrected chi connectivity index (χ1v) is 1.80. The van der Waals surface area contributed by atoms with Gasteiger partial charge in [0.05, 0.1) is 6.20 Å². The Bertz CT molecular complexity index is 140. The van der Waals surface area contributed by atoms with Crippen LogP contribution in [-0.2, 0) is 0 Å². The fourth-order valence-corrected chi connectivity index (χ4v) is 0.279. The minimum Gasteiger partial charge on any atom is -0.711 e. The molecule has 1 aromatic rings. The second kappa shape index (κ2) is 1.55. The molecule has 0 aliphatic rings. The van der Waals surface area contributed by atoms with Crippen LogP contribution in [0.5, 0.6) is 0 Å². The van der Waals surface area contributed by atoms with Gasteiger partial charge in [0.25, 0.3) is 6.33 Å². The lowest BCUT2D eigenvalue weighted by atomic mass is 10.7. The van der Waals surface area contributed by atoms with Gasteiger partial charge in [-0.1, -0.05) is 0 Å². The van der Waals surface area contributed by atoms with Crippen molar-refractivity contribution in [1.29, 1.82) is 0 Å². The molecule has 1 heterocycles. The van der Waals surface area contributed by atoms with E-state index < -0.39 is 0 Å². The summed E-state index contributed by atoms with van der Waals surface area (Å²) in [4.78, 5) is 3.41. The zero-order valence-electron chi connectivity index (χ0n) is 3.53. The van der Waals surface area contributed by atoms with Gasteiger partial charge in [-0.15, -0.1) is 0 Å². The molecule has 7 heavy (non-hydrogen) atoms. The van der Waals surface area contributed by atoms with E-state index in [-0.39, 0.29) is 0 Å². The first kappa shape index (κ1) is 4.05. The maximum absolute atomic E-state index is 10.1. The molecule has 0 spiro atoms. The Kier molecular flexibility index (Phi) is 0.898. The van der Waals surface area contributed by atoms with Crippen LogP contribution in [-0.4, -0.2) is 4.98 Å². The first-order valence-electron chi connectivity index (χ1n) is 1.80. The molecule has 0 fully saturated rings. The van der Waals surface area contributed by atoms with Crippen molar-refractivity contribution in [2.24, 2.45) is 0 Å². The van der Waals surface area contributed by atoms with Gasteiger partial charge in [0.2, 0.25) is 6.20 Å². The predicted molar refractivity (Wildman–Crippen MR) is 22.0 cm³/mol. The highest BCUT2D eigenvalue weighted by Crippen LogP contribution is 1.63. The van der Waals surface area contributed by atoms with Gasteiger partial charge < -0.3 is 5.21 Å². The second-order valence-electron chi connectivity index (χ2n) is 1.05. The Morgan fingerprint density at radius 3 is 2.86 bits per heavy atom. The molecule has 0 N–H and O–H groups in total. The Labute approximate surface area is 40.8 Å². The zero-order valence-corrected chi connectivity index (χ0v) is 3.53. The van der Waals surface area contributed by atoms with Gasteiger partial charge in [-0.05, 0) is 4.98 Å². The molecule has 0 atom stereocenters. The van der Waals surface area contributed by atoms with Crippen molar-refractivity contribution >= 4 is 0 Å². The lowest BCUT2D eigenvalue weighted by molar-refractivity contribution is -0.608. The Hall–Kier alpha value is -1.12. The monoisotopic (exact) mass is 95.0 g/mol. The fraction of sp³-hybridized carbons (Fsp3) is 0. The van der Waals surface area contributed by atoms with Crippen LogP contribution in [0, 0.1) is 11.4 Å². The number of hydrogen-bond acceptors (Lipinski definition) is 2. The molecular formula is C4H3N2O. The molecule has 1 rings (SSSR count). The standard InChI is InChI=1S/C4H3N2O/c7-6-3-1-2-5-4-6/h1,3-4H. The summed E-state index contributed by atoms with van der Waals surface area (Å²) in [6.45, 7) is 0. The number of rotatable bonds is 0. The maximum Gasteiger partial charge on any atom is 0.290 e. The van der Waals surface area contributed by atoms with Gasteiger partial charge in [-0.25, -0.2) is 4.73 Å². The van der Waals surface area contributed by atoms with Crippen LogP contribution in [0.1, 0.15) is 0 Å². The Morgan fingerprint density at radius 1 is 1.71 bits per heavy atom. The lowest BCUT2D eigenvalue weighted by Crippen LogP contribution is -2.24. The van der Waals surface area contributed by atoms with Crippen molar-refractivity contribution < 1.29 is 4.73 Å². The van der Waals surface area contributed by atoms with E-state index in [1.165, 1.54) is 12.3 Å². The summed E-state index contributed by atoms with van der Waals surface area (Å²) in [5.41, 5.74) is 0. The maximum atomic E-state index is 10.1. The predicted octanol–water partition coefficient (Wildman–Crippen LogP) is -0.485. The van der Waals surface area contributed by atoms with Crippen LogP contribution in [0.3, 0.4) is 0 Å². The van der Waals surface area contributed by atoms with Gasteiger partial charge in [-0.3, -0.25) is 0 Å². The van der Waals surface area contributed by atoms with Crippen LogP contribution < -0.4 is 4.73 Å². The smallest absolute Gasteiger partial charge is 0.290 e. The average Bonchev–Trinajstić information content (AvgIpc) is 1.69. The average molecular weight is 95.1 g/mol. The van der Waals surface area contributed by atoms with Gasteiger partial charge in [0, 0.05) is 6.07 Å². The minimum absolute atomic E-state index is 0.608. The third-order valence-electron chi connectivity index (χ3n) is 0.542. The highest BCUT2D eigenvalue weighted by Gasteiger charge is 1.77. The quantitative estimate of drug-likeness (QED) is 0.322. The van der Waals surface area contributed by atoms with Crippen molar-refractivity contribution in [2.45, 2.75) is 0 Å². The van der Waals surface area contributed by atoms with E-state index in [0.717, 1.165) is 6.33 Å². The topological polar surface area (TPSA) is 39.8 Å². The van der Waals surface area contributed by atoms with Crippen molar-refractivity contribution in [3.05, 3.63) is 30.0 Å². The number of nitrogens with zero attached hydrogens (tertiary/aromatic N) is 2. The van der Waals surface area contributed by atoms with Gasteiger partial charge in [-0.2, -0.15) is 0 Å².